The van der Waals surface area contributed by atoms with Gasteiger partial charge in [0.15, 0.2) is 0 Å². The average molecular weight is 311 g/mol. The molecule has 2 aromatic rings. The molecule has 0 spiro atoms. The zero-order valence-corrected chi connectivity index (χ0v) is 12.5. The maximum atomic E-state index is 12.0. The molecule has 1 aromatic heterocycles. The maximum Gasteiger partial charge on any atom is 0.294 e. The van der Waals surface area contributed by atoms with Gasteiger partial charge in [-0.15, -0.1) is 11.3 Å². The Morgan fingerprint density at radius 1 is 1.18 bits per heavy atom. The molecule has 0 unspecified atom stereocenters. The first kappa shape index (κ1) is 14.2. The van der Waals surface area contributed by atoms with Crippen LogP contribution in [0.1, 0.15) is 10.4 Å². The van der Waals surface area contributed by atoms with Crippen LogP contribution in [0.4, 0.5) is 5.69 Å². The number of carbonyl (C=O) groups is 1. The first-order chi connectivity index (χ1) is 10.8. The predicted molar refractivity (Wildman–Crippen MR) is 85.4 cm³/mol. The number of carbonyl (C=O) groups excluding carboxylic acids is 1. The van der Waals surface area contributed by atoms with Crippen molar-refractivity contribution < 1.29 is 14.3 Å². The molecule has 22 heavy (non-hydrogen) atoms. The van der Waals surface area contributed by atoms with Gasteiger partial charge in [0.2, 0.25) is 5.76 Å². The standard InChI is InChI=1S/C17H13NO3S/c19-17(16-12-20-8-9-21-16)18-14-4-1-3-13(11-14)6-7-15-5-2-10-22-15/h1-5,10-12H,8-9H2,(H,18,19). The molecule has 1 N–H and O–H groups in total. The Bertz CT molecular complexity index is 754. The summed E-state index contributed by atoms with van der Waals surface area (Å²) in [6.45, 7) is 0.843. The predicted octanol–water partition coefficient (Wildman–Crippen LogP) is 2.97. The molecule has 1 aromatic carbocycles. The zero-order chi connectivity index (χ0) is 15.2. The monoisotopic (exact) mass is 311 g/mol. The summed E-state index contributed by atoms with van der Waals surface area (Å²) >= 11 is 1.59. The van der Waals surface area contributed by atoms with E-state index < -0.39 is 0 Å². The summed E-state index contributed by atoms with van der Waals surface area (Å²) in [6.07, 6.45) is 1.33. The molecule has 1 amide bonds. The molecular weight excluding hydrogens is 298 g/mol. The molecule has 5 heteroatoms. The lowest BCUT2D eigenvalue weighted by Gasteiger charge is -2.15. The number of hydrogen-bond donors (Lipinski definition) is 1. The van der Waals surface area contributed by atoms with Crippen LogP contribution in [-0.2, 0) is 14.3 Å². The third kappa shape index (κ3) is 3.68. The van der Waals surface area contributed by atoms with Gasteiger partial charge in [-0.3, -0.25) is 4.79 Å². The number of benzene rings is 1. The third-order valence-corrected chi connectivity index (χ3v) is 3.63. The number of anilines is 1. The lowest BCUT2D eigenvalue weighted by atomic mass is 10.2. The van der Waals surface area contributed by atoms with Gasteiger partial charge in [0.25, 0.3) is 5.91 Å². The number of amides is 1. The Labute approximate surface area is 132 Å². The minimum atomic E-state index is -0.330. The summed E-state index contributed by atoms with van der Waals surface area (Å²) in [5.74, 6) is 6.01. The van der Waals surface area contributed by atoms with Gasteiger partial charge >= 0.3 is 0 Å². The molecule has 3 rings (SSSR count). The summed E-state index contributed by atoms with van der Waals surface area (Å²) in [5.41, 5.74) is 1.50. The minimum absolute atomic E-state index is 0.182. The van der Waals surface area contributed by atoms with Crippen LogP contribution in [0.5, 0.6) is 0 Å². The average Bonchev–Trinajstić information content (AvgIpc) is 3.08. The summed E-state index contributed by atoms with van der Waals surface area (Å²) in [4.78, 5) is 13.0. The molecular formula is C17H13NO3S. The second-order valence-corrected chi connectivity index (χ2v) is 5.41. The van der Waals surface area contributed by atoms with Crippen molar-refractivity contribution in [3.05, 3.63) is 64.2 Å². The molecule has 0 radical (unpaired) electrons. The highest BCUT2D eigenvalue weighted by Gasteiger charge is 2.14. The van der Waals surface area contributed by atoms with Crippen LogP contribution in [0.3, 0.4) is 0 Å². The van der Waals surface area contributed by atoms with Crippen LogP contribution in [0.2, 0.25) is 0 Å². The summed E-state index contributed by atoms with van der Waals surface area (Å²) in [7, 11) is 0. The van der Waals surface area contributed by atoms with Gasteiger partial charge in [0.05, 0.1) is 4.88 Å². The smallest absolute Gasteiger partial charge is 0.294 e. The van der Waals surface area contributed by atoms with Gasteiger partial charge < -0.3 is 14.8 Å². The molecule has 2 heterocycles. The van der Waals surface area contributed by atoms with E-state index in [0.29, 0.717) is 18.9 Å². The molecule has 0 saturated heterocycles. The molecule has 110 valence electrons. The van der Waals surface area contributed by atoms with Gasteiger partial charge in [-0.2, -0.15) is 0 Å². The van der Waals surface area contributed by atoms with E-state index in [4.69, 9.17) is 9.47 Å². The highest BCUT2D eigenvalue weighted by Crippen LogP contribution is 2.13. The number of nitrogens with one attached hydrogen (secondary N) is 1. The van der Waals surface area contributed by atoms with Crippen molar-refractivity contribution in [1.82, 2.24) is 0 Å². The van der Waals surface area contributed by atoms with Gasteiger partial charge in [-0.05, 0) is 29.6 Å². The largest absolute Gasteiger partial charge is 0.494 e. The topological polar surface area (TPSA) is 47.6 Å². The molecule has 0 saturated carbocycles. The Kier molecular flexibility index (Phi) is 4.42. The number of rotatable bonds is 2. The lowest BCUT2D eigenvalue weighted by molar-refractivity contribution is -0.117. The molecule has 1 aliphatic rings. The summed E-state index contributed by atoms with van der Waals surface area (Å²) in [5, 5.41) is 4.75. The van der Waals surface area contributed by atoms with Crippen LogP contribution >= 0.6 is 11.3 Å². The van der Waals surface area contributed by atoms with Crippen molar-refractivity contribution in [2.45, 2.75) is 0 Å². The zero-order valence-electron chi connectivity index (χ0n) is 11.7. The maximum absolute atomic E-state index is 12.0. The third-order valence-electron chi connectivity index (χ3n) is 2.84. The van der Waals surface area contributed by atoms with Crippen LogP contribution in [0, 0.1) is 11.8 Å². The van der Waals surface area contributed by atoms with E-state index in [-0.39, 0.29) is 11.7 Å². The quantitative estimate of drug-likeness (QED) is 0.867. The highest BCUT2D eigenvalue weighted by molar-refractivity contribution is 7.10. The Balaban J connectivity index is 1.71. The molecule has 4 nitrogen and oxygen atoms in total. The van der Waals surface area contributed by atoms with Crippen LogP contribution < -0.4 is 5.32 Å². The van der Waals surface area contributed by atoms with Gasteiger partial charge in [-0.25, -0.2) is 0 Å². The number of thiophene rings is 1. The molecule has 0 aliphatic carbocycles. The fourth-order valence-electron chi connectivity index (χ4n) is 1.84. The Morgan fingerprint density at radius 3 is 2.91 bits per heavy atom. The summed E-state index contributed by atoms with van der Waals surface area (Å²) < 4.78 is 10.3. The van der Waals surface area contributed by atoms with Crippen molar-refractivity contribution in [2.75, 3.05) is 18.5 Å². The van der Waals surface area contributed by atoms with Gasteiger partial charge in [0.1, 0.15) is 19.5 Å². The van der Waals surface area contributed by atoms with Crippen molar-refractivity contribution >= 4 is 22.9 Å². The van der Waals surface area contributed by atoms with E-state index in [1.54, 1.807) is 17.4 Å². The minimum Gasteiger partial charge on any atom is -0.494 e. The molecule has 0 bridgehead atoms. The van der Waals surface area contributed by atoms with E-state index in [9.17, 15) is 4.79 Å². The SMILES string of the molecule is O=C(Nc1cccc(C#Cc2cccs2)c1)C1=COCCO1. The number of ether oxygens (including phenoxy) is 2. The Morgan fingerprint density at radius 2 is 2.14 bits per heavy atom. The number of hydrogen-bond acceptors (Lipinski definition) is 4. The normalized spacial score (nSPS) is 13.0. The van der Waals surface area contributed by atoms with Crippen LogP contribution in [0.15, 0.2) is 53.8 Å². The van der Waals surface area contributed by atoms with Crippen molar-refractivity contribution in [1.29, 1.82) is 0 Å². The van der Waals surface area contributed by atoms with E-state index in [1.807, 2.05) is 35.7 Å². The first-order valence-corrected chi connectivity index (χ1v) is 7.61. The van der Waals surface area contributed by atoms with Gasteiger partial charge in [0, 0.05) is 11.3 Å². The van der Waals surface area contributed by atoms with Gasteiger partial charge in [-0.1, -0.05) is 24.0 Å². The van der Waals surface area contributed by atoms with Crippen LogP contribution in [-0.4, -0.2) is 19.1 Å². The first-order valence-electron chi connectivity index (χ1n) is 6.73. The van der Waals surface area contributed by atoms with Crippen LogP contribution in [0.25, 0.3) is 0 Å². The second kappa shape index (κ2) is 6.83. The van der Waals surface area contributed by atoms with Crippen molar-refractivity contribution in [3.8, 4) is 11.8 Å². The Hall–Kier alpha value is -2.71. The molecule has 0 atom stereocenters. The van der Waals surface area contributed by atoms with E-state index >= 15 is 0 Å². The molecule has 1 aliphatic heterocycles. The fourth-order valence-corrected chi connectivity index (χ4v) is 2.41. The van der Waals surface area contributed by atoms with E-state index in [2.05, 4.69) is 17.2 Å². The van der Waals surface area contributed by atoms with E-state index in [0.717, 1.165) is 10.4 Å². The lowest BCUT2D eigenvalue weighted by Crippen LogP contribution is -2.21. The fraction of sp³-hybridized carbons (Fsp3) is 0.118. The van der Waals surface area contributed by atoms with Crippen molar-refractivity contribution in [3.63, 3.8) is 0 Å². The molecule has 0 fully saturated rings. The highest BCUT2D eigenvalue weighted by atomic mass is 32.1. The van der Waals surface area contributed by atoms with E-state index in [1.165, 1.54) is 6.26 Å². The summed E-state index contributed by atoms with van der Waals surface area (Å²) in [6, 6.07) is 11.3. The van der Waals surface area contributed by atoms with Crippen molar-refractivity contribution in [2.24, 2.45) is 0 Å². The second-order valence-electron chi connectivity index (χ2n) is 4.46.